The molecule has 258 valence electrons. The van der Waals surface area contributed by atoms with Crippen LogP contribution in [0.5, 0.6) is 17.4 Å². The van der Waals surface area contributed by atoms with E-state index in [4.69, 9.17) is 23.7 Å². The Hall–Kier alpha value is -4.25. The molecule has 48 heavy (non-hydrogen) atoms. The van der Waals surface area contributed by atoms with Gasteiger partial charge in [0, 0.05) is 12.0 Å². The molecule has 4 heterocycles. The minimum Gasteiger partial charge on any atom is -0.494 e. The maximum absolute atomic E-state index is 14.7. The van der Waals surface area contributed by atoms with Gasteiger partial charge in [-0.05, 0) is 39.0 Å². The number of rotatable bonds is 13. The Morgan fingerprint density at radius 1 is 1.06 bits per heavy atom. The van der Waals surface area contributed by atoms with Crippen LogP contribution in [-0.2, 0) is 25.1 Å². The predicted octanol–water partition coefficient (Wildman–Crippen LogP) is 3.62. The number of hydrogen-bond acceptors (Lipinski definition) is 13. The highest BCUT2D eigenvalue weighted by molar-refractivity contribution is 7.91. The van der Waals surface area contributed by atoms with Gasteiger partial charge in [0.05, 0.1) is 51.1 Å². The highest BCUT2D eigenvalue weighted by Gasteiger charge is 2.34. The van der Waals surface area contributed by atoms with E-state index in [1.54, 1.807) is 64.1 Å². The van der Waals surface area contributed by atoms with Crippen molar-refractivity contribution < 1.29 is 41.6 Å². The van der Waals surface area contributed by atoms with Gasteiger partial charge in [-0.1, -0.05) is 19.1 Å². The van der Waals surface area contributed by atoms with Gasteiger partial charge in [-0.15, -0.1) is 10.2 Å². The Bertz CT molecular complexity index is 1820. The summed E-state index contributed by atoms with van der Waals surface area (Å²) in [6, 6.07) is 10.1. The Labute approximate surface area is 278 Å². The van der Waals surface area contributed by atoms with Crippen LogP contribution in [-0.4, -0.2) is 94.7 Å². The van der Waals surface area contributed by atoms with Gasteiger partial charge in [-0.3, -0.25) is 4.57 Å². The summed E-state index contributed by atoms with van der Waals surface area (Å²) in [5.74, 6) is -0.585. The van der Waals surface area contributed by atoms with E-state index in [0.29, 0.717) is 29.5 Å². The van der Waals surface area contributed by atoms with Crippen molar-refractivity contribution in [2.75, 3.05) is 40.6 Å². The lowest BCUT2D eigenvalue weighted by Gasteiger charge is -2.24. The normalized spacial score (nSPS) is 16.7. The average Bonchev–Trinajstić information content (AvgIpc) is 3.48. The molecule has 3 aromatic heterocycles. The lowest BCUT2D eigenvalue weighted by Crippen LogP contribution is -2.29. The Morgan fingerprint density at radius 2 is 1.77 bits per heavy atom. The van der Waals surface area contributed by atoms with E-state index in [-0.39, 0.29) is 48.9 Å². The molecule has 4 aromatic rings. The fourth-order valence-corrected chi connectivity index (χ4v) is 6.60. The molecule has 0 saturated carbocycles. The van der Waals surface area contributed by atoms with E-state index >= 15 is 0 Å². The molecule has 1 N–H and O–H groups in total. The molecule has 16 heteroatoms. The molecule has 0 amide bonds. The largest absolute Gasteiger partial charge is 0.494 e. The van der Waals surface area contributed by atoms with E-state index in [0.717, 1.165) is 6.20 Å². The molecule has 1 aromatic carbocycles. The Morgan fingerprint density at radius 3 is 2.42 bits per heavy atom. The summed E-state index contributed by atoms with van der Waals surface area (Å²) in [5, 5.41) is 17.8. The summed E-state index contributed by atoms with van der Waals surface area (Å²) < 4.78 is 72.4. The maximum atomic E-state index is 14.7. The van der Waals surface area contributed by atoms with Crippen molar-refractivity contribution in [2.45, 2.75) is 56.3 Å². The highest BCUT2D eigenvalue weighted by atomic mass is 32.2. The Kier molecular flexibility index (Phi) is 10.6. The van der Waals surface area contributed by atoms with E-state index in [1.807, 2.05) is 0 Å². The van der Waals surface area contributed by atoms with Gasteiger partial charge in [0.1, 0.15) is 52.9 Å². The predicted molar refractivity (Wildman–Crippen MR) is 171 cm³/mol. The zero-order valence-electron chi connectivity index (χ0n) is 27.6. The van der Waals surface area contributed by atoms with Crippen molar-refractivity contribution in [3.8, 4) is 34.6 Å². The molecule has 0 bridgehead atoms. The van der Waals surface area contributed by atoms with Gasteiger partial charge in [-0.2, -0.15) is 0 Å². The maximum Gasteiger partial charge on any atom is 0.213 e. The number of aromatic nitrogens is 6. The van der Waals surface area contributed by atoms with Gasteiger partial charge < -0.3 is 28.8 Å². The van der Waals surface area contributed by atoms with Gasteiger partial charge in [0.15, 0.2) is 27.3 Å². The second-order valence-electron chi connectivity index (χ2n) is 11.9. The fraction of sp³-hybridized carbons (Fsp3) is 0.469. The summed E-state index contributed by atoms with van der Waals surface area (Å²) in [5.41, 5.74) is -0.407. The van der Waals surface area contributed by atoms with Crippen molar-refractivity contribution >= 4 is 9.84 Å². The van der Waals surface area contributed by atoms with Crippen LogP contribution in [0.15, 0.2) is 42.6 Å². The van der Waals surface area contributed by atoms with E-state index in [1.165, 1.54) is 18.8 Å². The highest BCUT2D eigenvalue weighted by Crippen LogP contribution is 2.37. The average molecular weight is 687 g/mol. The number of para-hydroxylation sites is 1. The second-order valence-corrected chi connectivity index (χ2v) is 14.3. The minimum absolute atomic E-state index is 0.0171. The standard InChI is InChI=1S/C32H39FN6O8S/c1-19(30-34-15-21(33)28(36-30)25-16-45-13-14-46-25)20(2)48(41,42)17-26-37-38-31(22-9-7-12-27(35-22)47-18-32(3,4)40)39(26)29-23(43-5)10-8-11-24(29)44-6/h7-12,15,19-20,25,40H,13-14,16-18H2,1-6H3/t19-,20-,25+/m0/s1. The third kappa shape index (κ3) is 7.72. The molecule has 0 unspecified atom stereocenters. The van der Waals surface area contributed by atoms with Crippen molar-refractivity contribution in [3.63, 3.8) is 0 Å². The molecule has 3 atom stereocenters. The van der Waals surface area contributed by atoms with E-state index in [2.05, 4.69) is 25.1 Å². The van der Waals surface area contributed by atoms with Crippen LogP contribution in [0.2, 0.25) is 0 Å². The van der Waals surface area contributed by atoms with Crippen LogP contribution < -0.4 is 14.2 Å². The molecular formula is C32H39FN6O8S. The number of hydrogen-bond donors (Lipinski definition) is 1. The molecule has 14 nitrogen and oxygen atoms in total. The fourth-order valence-electron chi connectivity index (χ4n) is 5.05. The molecule has 1 aliphatic heterocycles. The summed E-state index contributed by atoms with van der Waals surface area (Å²) in [4.78, 5) is 13.0. The van der Waals surface area contributed by atoms with Gasteiger partial charge >= 0.3 is 0 Å². The van der Waals surface area contributed by atoms with Crippen LogP contribution in [0.1, 0.15) is 57.1 Å². The van der Waals surface area contributed by atoms with Crippen LogP contribution in [0.25, 0.3) is 17.2 Å². The van der Waals surface area contributed by atoms with E-state index in [9.17, 15) is 17.9 Å². The van der Waals surface area contributed by atoms with Gasteiger partial charge in [0.25, 0.3) is 0 Å². The minimum atomic E-state index is -3.99. The van der Waals surface area contributed by atoms with Crippen LogP contribution in [0, 0.1) is 5.82 Å². The molecule has 1 saturated heterocycles. The zero-order chi connectivity index (χ0) is 34.6. The topological polar surface area (TPSA) is 170 Å². The van der Waals surface area contributed by atoms with Crippen LogP contribution in [0.3, 0.4) is 0 Å². The lowest BCUT2D eigenvalue weighted by molar-refractivity contribution is -0.0931. The first kappa shape index (κ1) is 35.1. The van der Waals surface area contributed by atoms with Gasteiger partial charge in [0.2, 0.25) is 5.88 Å². The van der Waals surface area contributed by atoms with Crippen molar-refractivity contribution in [1.29, 1.82) is 0 Å². The summed E-state index contributed by atoms with van der Waals surface area (Å²) in [7, 11) is -1.03. The number of ether oxygens (including phenoxy) is 5. The number of pyridine rings is 1. The number of methoxy groups -OCH3 is 2. The summed E-state index contributed by atoms with van der Waals surface area (Å²) >= 11 is 0. The van der Waals surface area contributed by atoms with Crippen LogP contribution >= 0.6 is 0 Å². The number of halogens is 1. The van der Waals surface area contributed by atoms with Crippen molar-refractivity contribution in [2.24, 2.45) is 0 Å². The summed E-state index contributed by atoms with van der Waals surface area (Å²) in [6.07, 6.45) is 0.300. The molecule has 1 fully saturated rings. The molecule has 0 radical (unpaired) electrons. The quantitative estimate of drug-likeness (QED) is 0.217. The first-order valence-electron chi connectivity index (χ1n) is 15.2. The molecular weight excluding hydrogens is 647 g/mol. The third-order valence-electron chi connectivity index (χ3n) is 7.80. The SMILES string of the molecule is COc1cccc(OC)c1-n1c(CS(=O)(=O)[C@@H](C)[C@H](C)c2ncc(F)c([C@H]3COCCO3)n2)nnc1-c1cccc(OCC(C)(C)O)n1. The Balaban J connectivity index is 1.53. The smallest absolute Gasteiger partial charge is 0.213 e. The van der Waals surface area contributed by atoms with Crippen LogP contribution in [0.4, 0.5) is 4.39 Å². The number of nitrogens with zero attached hydrogens (tertiary/aromatic N) is 6. The number of sulfone groups is 1. The molecule has 0 spiro atoms. The van der Waals surface area contributed by atoms with Crippen molar-refractivity contribution in [3.05, 3.63) is 65.8 Å². The van der Waals surface area contributed by atoms with Gasteiger partial charge in [-0.25, -0.2) is 27.8 Å². The first-order chi connectivity index (χ1) is 22.8. The number of aliphatic hydroxyl groups is 1. The molecule has 1 aliphatic rings. The first-order valence-corrected chi connectivity index (χ1v) is 17.0. The van der Waals surface area contributed by atoms with Crippen molar-refractivity contribution in [1.82, 2.24) is 29.7 Å². The van der Waals surface area contributed by atoms with E-state index < -0.39 is 44.3 Å². The monoisotopic (exact) mass is 686 g/mol. The summed E-state index contributed by atoms with van der Waals surface area (Å²) in [6.45, 7) is 7.22. The molecule has 0 aliphatic carbocycles. The third-order valence-corrected chi connectivity index (χ3v) is 10.0. The lowest BCUT2D eigenvalue weighted by atomic mass is 10.1. The second kappa shape index (κ2) is 14.5. The molecule has 5 rings (SSSR count). The number of benzene rings is 1. The zero-order valence-corrected chi connectivity index (χ0v) is 28.4.